The molecule has 6 nitrogen and oxygen atoms in total. The molecule has 23 heavy (non-hydrogen) atoms. The fourth-order valence-corrected chi connectivity index (χ4v) is 2.62. The molecule has 0 atom stereocenters. The average Bonchev–Trinajstić information content (AvgIpc) is 2.82. The number of ether oxygens (including phenoxy) is 2. The number of hydrogen-bond donors (Lipinski definition) is 1. The van der Waals surface area contributed by atoms with E-state index in [1.807, 2.05) is 11.8 Å². The Labute approximate surface area is 136 Å². The van der Waals surface area contributed by atoms with Gasteiger partial charge in [-0.15, -0.1) is 0 Å². The third kappa shape index (κ3) is 4.87. The molecule has 126 valence electrons. The van der Waals surface area contributed by atoms with Crippen LogP contribution in [0.2, 0.25) is 0 Å². The highest BCUT2D eigenvalue weighted by atomic mass is 16.5. The van der Waals surface area contributed by atoms with Crippen molar-refractivity contribution in [1.82, 2.24) is 4.90 Å². The van der Waals surface area contributed by atoms with E-state index in [2.05, 4.69) is 0 Å². The Morgan fingerprint density at radius 3 is 2.39 bits per heavy atom. The van der Waals surface area contributed by atoms with Crippen molar-refractivity contribution in [3.05, 3.63) is 23.8 Å². The van der Waals surface area contributed by atoms with E-state index in [1.54, 1.807) is 18.2 Å². The lowest BCUT2D eigenvalue weighted by Gasteiger charge is -2.21. The number of carboxylic acids is 1. The Balaban J connectivity index is 2.16. The van der Waals surface area contributed by atoms with Crippen LogP contribution in [0.15, 0.2) is 18.2 Å². The molecule has 1 aliphatic heterocycles. The molecule has 1 amide bonds. The normalized spacial score (nSPS) is 14.9. The van der Waals surface area contributed by atoms with Crippen molar-refractivity contribution in [3.63, 3.8) is 0 Å². The molecule has 1 aromatic rings. The van der Waals surface area contributed by atoms with Crippen LogP contribution in [0, 0.1) is 0 Å². The molecule has 0 saturated carbocycles. The fraction of sp³-hybridized carbons (Fsp3) is 0.529. The van der Waals surface area contributed by atoms with Gasteiger partial charge in [0.2, 0.25) is 0 Å². The van der Waals surface area contributed by atoms with E-state index in [0.29, 0.717) is 23.7 Å². The predicted molar refractivity (Wildman–Crippen MR) is 85.1 cm³/mol. The number of hydrogen-bond acceptors (Lipinski definition) is 4. The van der Waals surface area contributed by atoms with Crippen LogP contribution in [0.4, 0.5) is 0 Å². The van der Waals surface area contributed by atoms with Gasteiger partial charge >= 0.3 is 5.97 Å². The maximum atomic E-state index is 12.6. The first-order chi connectivity index (χ1) is 11.1. The SMILES string of the molecule is CCOc1cc(C(=O)N2CCCCCC2)ccc1OCC(=O)O. The molecular formula is C17H23NO5. The maximum Gasteiger partial charge on any atom is 0.341 e. The van der Waals surface area contributed by atoms with Gasteiger partial charge in [0, 0.05) is 18.7 Å². The second kappa shape index (κ2) is 8.41. The Morgan fingerprint density at radius 2 is 1.78 bits per heavy atom. The first-order valence-corrected chi connectivity index (χ1v) is 8.02. The van der Waals surface area contributed by atoms with Gasteiger partial charge < -0.3 is 19.5 Å². The summed E-state index contributed by atoms with van der Waals surface area (Å²) in [5.41, 5.74) is 0.540. The molecule has 0 aromatic heterocycles. The van der Waals surface area contributed by atoms with Gasteiger partial charge in [-0.05, 0) is 38.0 Å². The van der Waals surface area contributed by atoms with E-state index in [9.17, 15) is 9.59 Å². The largest absolute Gasteiger partial charge is 0.490 e. The molecule has 0 bridgehead atoms. The molecular weight excluding hydrogens is 298 g/mol. The van der Waals surface area contributed by atoms with Gasteiger partial charge in [0.05, 0.1) is 6.61 Å². The van der Waals surface area contributed by atoms with Crippen molar-refractivity contribution >= 4 is 11.9 Å². The summed E-state index contributed by atoms with van der Waals surface area (Å²) >= 11 is 0. The first-order valence-electron chi connectivity index (χ1n) is 8.02. The Morgan fingerprint density at radius 1 is 1.09 bits per heavy atom. The smallest absolute Gasteiger partial charge is 0.341 e. The van der Waals surface area contributed by atoms with E-state index >= 15 is 0 Å². The Hall–Kier alpha value is -2.24. The number of amides is 1. The minimum Gasteiger partial charge on any atom is -0.490 e. The van der Waals surface area contributed by atoms with Crippen LogP contribution in [0.25, 0.3) is 0 Å². The molecule has 0 unspecified atom stereocenters. The van der Waals surface area contributed by atoms with Crippen molar-refractivity contribution in [2.24, 2.45) is 0 Å². The lowest BCUT2D eigenvalue weighted by Crippen LogP contribution is -2.31. The number of carboxylic acid groups (broad SMARTS) is 1. The topological polar surface area (TPSA) is 76.1 Å². The fourth-order valence-electron chi connectivity index (χ4n) is 2.62. The molecule has 1 N–H and O–H groups in total. The summed E-state index contributed by atoms with van der Waals surface area (Å²) in [6, 6.07) is 4.89. The number of benzene rings is 1. The van der Waals surface area contributed by atoms with Crippen molar-refractivity contribution in [2.45, 2.75) is 32.6 Å². The van der Waals surface area contributed by atoms with E-state index in [1.165, 1.54) is 0 Å². The summed E-state index contributed by atoms with van der Waals surface area (Å²) in [6.45, 7) is 3.34. The molecule has 1 aliphatic rings. The molecule has 6 heteroatoms. The molecule has 0 radical (unpaired) electrons. The standard InChI is InChI=1S/C17H23NO5/c1-2-22-15-11-13(7-8-14(15)23-12-16(19)20)17(21)18-9-5-3-4-6-10-18/h7-8,11H,2-6,9-10,12H2,1H3,(H,19,20). The first kappa shape index (κ1) is 17.1. The van der Waals surface area contributed by atoms with Gasteiger partial charge in [-0.25, -0.2) is 4.79 Å². The van der Waals surface area contributed by atoms with Crippen LogP contribution in [0.5, 0.6) is 11.5 Å². The van der Waals surface area contributed by atoms with Gasteiger partial charge in [0.1, 0.15) is 0 Å². The minimum absolute atomic E-state index is 0.0161. The van der Waals surface area contributed by atoms with Crippen LogP contribution in [-0.2, 0) is 4.79 Å². The summed E-state index contributed by atoms with van der Waals surface area (Å²) in [7, 11) is 0. The summed E-state index contributed by atoms with van der Waals surface area (Å²) in [5, 5.41) is 8.71. The number of carbonyl (C=O) groups is 2. The van der Waals surface area contributed by atoms with Crippen molar-refractivity contribution < 1.29 is 24.2 Å². The molecule has 1 aromatic carbocycles. The van der Waals surface area contributed by atoms with Crippen molar-refractivity contribution in [3.8, 4) is 11.5 Å². The van der Waals surface area contributed by atoms with Crippen LogP contribution in [0.3, 0.4) is 0 Å². The molecule has 0 aliphatic carbocycles. The molecule has 2 rings (SSSR count). The van der Waals surface area contributed by atoms with Gasteiger partial charge in [-0.3, -0.25) is 4.79 Å². The summed E-state index contributed by atoms with van der Waals surface area (Å²) in [6.07, 6.45) is 4.39. The molecule has 1 heterocycles. The summed E-state index contributed by atoms with van der Waals surface area (Å²) in [4.78, 5) is 25.1. The van der Waals surface area contributed by atoms with Crippen LogP contribution in [0.1, 0.15) is 43.0 Å². The zero-order chi connectivity index (χ0) is 16.7. The zero-order valence-corrected chi connectivity index (χ0v) is 13.4. The molecule has 0 spiro atoms. The Kier molecular flexibility index (Phi) is 6.26. The highest BCUT2D eigenvalue weighted by Crippen LogP contribution is 2.29. The quantitative estimate of drug-likeness (QED) is 0.871. The van der Waals surface area contributed by atoms with E-state index in [-0.39, 0.29) is 5.91 Å². The average molecular weight is 321 g/mol. The van der Waals surface area contributed by atoms with Crippen molar-refractivity contribution in [2.75, 3.05) is 26.3 Å². The number of rotatable bonds is 6. The summed E-state index contributed by atoms with van der Waals surface area (Å²) in [5.74, 6) is -0.342. The number of likely N-dealkylation sites (tertiary alicyclic amines) is 1. The van der Waals surface area contributed by atoms with Gasteiger partial charge in [0.15, 0.2) is 18.1 Å². The summed E-state index contributed by atoms with van der Waals surface area (Å²) < 4.78 is 10.7. The van der Waals surface area contributed by atoms with Gasteiger partial charge in [0.25, 0.3) is 5.91 Å². The van der Waals surface area contributed by atoms with Gasteiger partial charge in [-0.2, -0.15) is 0 Å². The second-order valence-electron chi connectivity index (χ2n) is 5.48. The third-order valence-corrected chi connectivity index (χ3v) is 3.73. The number of aliphatic carboxylic acids is 1. The van der Waals surface area contributed by atoms with E-state index in [0.717, 1.165) is 38.8 Å². The molecule has 1 fully saturated rings. The highest BCUT2D eigenvalue weighted by Gasteiger charge is 2.19. The monoisotopic (exact) mass is 321 g/mol. The molecule has 1 saturated heterocycles. The minimum atomic E-state index is -1.06. The van der Waals surface area contributed by atoms with Crippen LogP contribution in [-0.4, -0.2) is 48.2 Å². The zero-order valence-electron chi connectivity index (χ0n) is 13.4. The van der Waals surface area contributed by atoms with Crippen LogP contribution < -0.4 is 9.47 Å². The van der Waals surface area contributed by atoms with Crippen molar-refractivity contribution in [1.29, 1.82) is 0 Å². The Bertz CT molecular complexity index is 550. The second-order valence-corrected chi connectivity index (χ2v) is 5.48. The lowest BCUT2D eigenvalue weighted by atomic mass is 10.1. The predicted octanol–water partition coefficient (Wildman–Crippen LogP) is 2.56. The highest BCUT2D eigenvalue weighted by molar-refractivity contribution is 5.95. The maximum absolute atomic E-state index is 12.6. The third-order valence-electron chi connectivity index (χ3n) is 3.73. The van der Waals surface area contributed by atoms with Gasteiger partial charge in [-0.1, -0.05) is 12.8 Å². The number of nitrogens with zero attached hydrogens (tertiary/aromatic N) is 1. The number of carbonyl (C=O) groups excluding carboxylic acids is 1. The van der Waals surface area contributed by atoms with E-state index < -0.39 is 12.6 Å². The van der Waals surface area contributed by atoms with E-state index in [4.69, 9.17) is 14.6 Å². The lowest BCUT2D eigenvalue weighted by molar-refractivity contribution is -0.139. The van der Waals surface area contributed by atoms with Crippen LogP contribution >= 0.6 is 0 Å².